The second-order valence-electron chi connectivity index (χ2n) is 6.09. The number of benzene rings is 3. The van der Waals surface area contributed by atoms with Crippen LogP contribution in [0.2, 0.25) is 0 Å². The van der Waals surface area contributed by atoms with E-state index >= 15 is 0 Å². The number of methoxy groups -OCH3 is 2. The van der Waals surface area contributed by atoms with Crippen molar-refractivity contribution in [2.45, 2.75) is 6.92 Å². The van der Waals surface area contributed by atoms with E-state index in [-0.39, 0.29) is 5.91 Å². The molecule has 0 aliphatic heterocycles. The molecular formula is C22H22N2O3. The number of hydrogen-bond acceptors (Lipinski definition) is 4. The van der Waals surface area contributed by atoms with E-state index in [9.17, 15) is 4.79 Å². The van der Waals surface area contributed by atoms with Crippen LogP contribution in [-0.4, -0.2) is 20.1 Å². The van der Waals surface area contributed by atoms with Gasteiger partial charge in [-0.3, -0.25) is 4.79 Å². The van der Waals surface area contributed by atoms with Crippen LogP contribution in [-0.2, 0) is 0 Å². The van der Waals surface area contributed by atoms with Gasteiger partial charge in [-0.1, -0.05) is 12.1 Å². The summed E-state index contributed by atoms with van der Waals surface area (Å²) in [4.78, 5) is 12.4. The Hall–Kier alpha value is -3.47. The lowest BCUT2D eigenvalue weighted by Crippen LogP contribution is -2.11. The van der Waals surface area contributed by atoms with Crippen molar-refractivity contribution in [1.29, 1.82) is 0 Å². The van der Waals surface area contributed by atoms with Crippen LogP contribution in [0.1, 0.15) is 15.9 Å². The van der Waals surface area contributed by atoms with Crippen molar-refractivity contribution in [2.24, 2.45) is 0 Å². The zero-order chi connectivity index (χ0) is 19.2. The highest BCUT2D eigenvalue weighted by Gasteiger charge is 2.08. The molecule has 5 heteroatoms. The molecule has 0 unspecified atom stereocenters. The molecule has 0 saturated carbocycles. The van der Waals surface area contributed by atoms with Gasteiger partial charge < -0.3 is 20.1 Å². The lowest BCUT2D eigenvalue weighted by atomic mass is 10.2. The predicted octanol–water partition coefficient (Wildman–Crippen LogP) is 5.01. The number of nitrogens with one attached hydrogen (secondary N) is 2. The summed E-state index contributed by atoms with van der Waals surface area (Å²) in [5.41, 5.74) is 4.19. The van der Waals surface area contributed by atoms with Gasteiger partial charge in [0.15, 0.2) is 0 Å². The quantitative estimate of drug-likeness (QED) is 0.647. The molecule has 0 saturated heterocycles. The topological polar surface area (TPSA) is 59.6 Å². The zero-order valence-electron chi connectivity index (χ0n) is 15.6. The van der Waals surface area contributed by atoms with Crippen LogP contribution < -0.4 is 20.1 Å². The third-order valence-corrected chi connectivity index (χ3v) is 4.11. The van der Waals surface area contributed by atoms with Crippen LogP contribution in [0.4, 0.5) is 17.1 Å². The predicted molar refractivity (Wildman–Crippen MR) is 108 cm³/mol. The minimum atomic E-state index is -0.185. The van der Waals surface area contributed by atoms with Gasteiger partial charge in [0.1, 0.15) is 11.5 Å². The largest absolute Gasteiger partial charge is 0.497 e. The first-order valence-electron chi connectivity index (χ1n) is 8.56. The van der Waals surface area contributed by atoms with E-state index in [0.29, 0.717) is 17.0 Å². The molecule has 3 aromatic rings. The third-order valence-electron chi connectivity index (χ3n) is 4.11. The average Bonchev–Trinajstić information content (AvgIpc) is 2.69. The van der Waals surface area contributed by atoms with Crippen LogP contribution in [0.15, 0.2) is 66.7 Å². The third kappa shape index (κ3) is 4.58. The SMILES string of the molecule is COc1cccc(C(=O)Nc2ccc(Nc3cc(C)ccc3OC)cc2)c1. The Morgan fingerprint density at radius 1 is 0.852 bits per heavy atom. The van der Waals surface area contributed by atoms with E-state index in [1.807, 2.05) is 49.4 Å². The molecule has 3 aromatic carbocycles. The molecule has 0 heterocycles. The molecule has 138 valence electrons. The smallest absolute Gasteiger partial charge is 0.255 e. The fraction of sp³-hybridized carbons (Fsp3) is 0.136. The van der Waals surface area contributed by atoms with Crippen LogP contribution in [0, 0.1) is 6.92 Å². The van der Waals surface area contributed by atoms with Crippen molar-refractivity contribution < 1.29 is 14.3 Å². The number of rotatable bonds is 6. The maximum atomic E-state index is 12.4. The van der Waals surface area contributed by atoms with Gasteiger partial charge in [0.25, 0.3) is 5.91 Å². The molecule has 27 heavy (non-hydrogen) atoms. The van der Waals surface area contributed by atoms with Crippen LogP contribution in [0.25, 0.3) is 0 Å². The second kappa shape index (κ2) is 8.27. The first-order valence-corrected chi connectivity index (χ1v) is 8.56. The Bertz CT molecular complexity index is 937. The van der Waals surface area contributed by atoms with Gasteiger partial charge >= 0.3 is 0 Å². The van der Waals surface area contributed by atoms with Crippen molar-refractivity contribution in [3.05, 3.63) is 77.9 Å². The molecule has 0 spiro atoms. The molecule has 0 fully saturated rings. The van der Waals surface area contributed by atoms with Crippen LogP contribution in [0.3, 0.4) is 0 Å². The highest BCUT2D eigenvalue weighted by Crippen LogP contribution is 2.29. The Labute approximate surface area is 158 Å². The van der Waals surface area contributed by atoms with Crippen molar-refractivity contribution in [3.63, 3.8) is 0 Å². The molecule has 1 amide bonds. The summed E-state index contributed by atoms with van der Waals surface area (Å²) < 4.78 is 10.5. The van der Waals surface area contributed by atoms with E-state index in [2.05, 4.69) is 10.6 Å². The van der Waals surface area contributed by atoms with Crippen molar-refractivity contribution in [1.82, 2.24) is 0 Å². The summed E-state index contributed by atoms with van der Waals surface area (Å²) in [6.07, 6.45) is 0. The molecule has 0 radical (unpaired) electrons. The van der Waals surface area contributed by atoms with E-state index in [1.54, 1.807) is 38.5 Å². The van der Waals surface area contributed by atoms with Gasteiger partial charge in [0.2, 0.25) is 0 Å². The number of hydrogen-bond donors (Lipinski definition) is 2. The zero-order valence-corrected chi connectivity index (χ0v) is 15.6. The fourth-order valence-corrected chi connectivity index (χ4v) is 2.68. The van der Waals surface area contributed by atoms with Crippen molar-refractivity contribution in [3.8, 4) is 11.5 Å². The Morgan fingerprint density at radius 3 is 2.30 bits per heavy atom. The minimum Gasteiger partial charge on any atom is -0.497 e. The molecular weight excluding hydrogens is 340 g/mol. The normalized spacial score (nSPS) is 10.2. The Balaban J connectivity index is 1.70. The van der Waals surface area contributed by atoms with Gasteiger partial charge in [-0.2, -0.15) is 0 Å². The molecule has 0 bridgehead atoms. The molecule has 2 N–H and O–H groups in total. The highest BCUT2D eigenvalue weighted by molar-refractivity contribution is 6.04. The standard InChI is InChI=1S/C22H22N2O3/c1-15-7-12-21(27-3)20(13-15)23-17-8-10-18(11-9-17)24-22(25)16-5-4-6-19(14-16)26-2/h4-14,23H,1-3H3,(H,24,25). The number of ether oxygens (including phenoxy) is 2. The molecule has 0 aliphatic carbocycles. The van der Waals surface area contributed by atoms with E-state index in [1.165, 1.54) is 0 Å². The van der Waals surface area contributed by atoms with E-state index < -0.39 is 0 Å². The summed E-state index contributed by atoms with van der Waals surface area (Å²) in [6, 6.07) is 20.5. The molecule has 0 aromatic heterocycles. The maximum absolute atomic E-state index is 12.4. The lowest BCUT2D eigenvalue weighted by Gasteiger charge is -2.13. The monoisotopic (exact) mass is 362 g/mol. The lowest BCUT2D eigenvalue weighted by molar-refractivity contribution is 0.102. The number of amides is 1. The summed E-state index contributed by atoms with van der Waals surface area (Å²) in [6.45, 7) is 2.03. The minimum absolute atomic E-state index is 0.185. The molecule has 3 rings (SSSR count). The molecule has 0 aliphatic rings. The summed E-state index contributed by atoms with van der Waals surface area (Å²) in [5.74, 6) is 1.24. The van der Waals surface area contributed by atoms with Gasteiger partial charge in [-0.15, -0.1) is 0 Å². The van der Waals surface area contributed by atoms with Crippen molar-refractivity contribution in [2.75, 3.05) is 24.9 Å². The number of carbonyl (C=O) groups is 1. The summed E-state index contributed by atoms with van der Waals surface area (Å²) in [5, 5.41) is 6.22. The number of anilines is 3. The van der Waals surface area contributed by atoms with Gasteiger partial charge in [-0.25, -0.2) is 0 Å². The van der Waals surface area contributed by atoms with Gasteiger partial charge in [-0.05, 0) is 67.1 Å². The van der Waals surface area contributed by atoms with E-state index in [0.717, 1.165) is 22.7 Å². The average molecular weight is 362 g/mol. The summed E-state index contributed by atoms with van der Waals surface area (Å²) in [7, 11) is 3.22. The Kier molecular flexibility index (Phi) is 5.61. The second-order valence-corrected chi connectivity index (χ2v) is 6.09. The van der Waals surface area contributed by atoms with Crippen LogP contribution >= 0.6 is 0 Å². The fourth-order valence-electron chi connectivity index (χ4n) is 2.68. The number of aryl methyl sites for hydroxylation is 1. The molecule has 5 nitrogen and oxygen atoms in total. The van der Waals surface area contributed by atoms with Gasteiger partial charge in [0, 0.05) is 16.9 Å². The molecule has 0 atom stereocenters. The van der Waals surface area contributed by atoms with Gasteiger partial charge in [0.05, 0.1) is 19.9 Å². The van der Waals surface area contributed by atoms with E-state index in [4.69, 9.17) is 9.47 Å². The maximum Gasteiger partial charge on any atom is 0.255 e. The first kappa shape index (κ1) is 18.3. The van der Waals surface area contributed by atoms with Crippen LogP contribution in [0.5, 0.6) is 11.5 Å². The first-order chi connectivity index (χ1) is 13.1. The highest BCUT2D eigenvalue weighted by atomic mass is 16.5. The summed E-state index contributed by atoms with van der Waals surface area (Å²) >= 11 is 0. The Morgan fingerprint density at radius 2 is 1.59 bits per heavy atom. The number of carbonyl (C=O) groups excluding carboxylic acids is 1. The van der Waals surface area contributed by atoms with Crippen molar-refractivity contribution >= 4 is 23.0 Å².